The van der Waals surface area contributed by atoms with Gasteiger partial charge in [-0.1, -0.05) is 24.3 Å². The van der Waals surface area contributed by atoms with E-state index in [1.807, 2.05) is 4.57 Å². The number of aryl methyl sites for hydroxylation is 5. The highest BCUT2D eigenvalue weighted by Crippen LogP contribution is 2.26. The van der Waals surface area contributed by atoms with Crippen LogP contribution >= 0.6 is 0 Å². The molecule has 4 heterocycles. The molecule has 0 aliphatic carbocycles. The standard InChI is InChI=1S/C24H24N4O2/c1-15-13-19-20-14-18(15)7-3-2-5-16-8-10-17(11-9-16)6-4-12-28(20)22-21(25-19)23(29)27-24(30)26-22/h8-11,13-14H,2-7,12H2,1H3,(H,27,29,30). The van der Waals surface area contributed by atoms with Crippen LogP contribution in [0.2, 0.25) is 0 Å². The molecule has 6 nitrogen and oxygen atoms in total. The highest BCUT2D eigenvalue weighted by molar-refractivity contribution is 5.81. The van der Waals surface area contributed by atoms with Gasteiger partial charge in [0.1, 0.15) is 0 Å². The first-order valence-corrected chi connectivity index (χ1v) is 10.6. The number of aromatic nitrogens is 4. The molecule has 4 aliphatic rings. The number of H-pyrrole nitrogens is 1. The van der Waals surface area contributed by atoms with Crippen LogP contribution in [0.4, 0.5) is 0 Å². The Bertz CT molecular complexity index is 1320. The summed E-state index contributed by atoms with van der Waals surface area (Å²) in [6.07, 6.45) is 6.14. The summed E-state index contributed by atoms with van der Waals surface area (Å²) in [6, 6.07) is 13.1. The monoisotopic (exact) mass is 400 g/mol. The molecule has 0 atom stereocenters. The molecule has 0 amide bonds. The van der Waals surface area contributed by atoms with Gasteiger partial charge in [-0.3, -0.25) is 9.78 Å². The molecule has 4 aliphatic heterocycles. The smallest absolute Gasteiger partial charge is 0.322 e. The summed E-state index contributed by atoms with van der Waals surface area (Å²) in [5, 5.41) is 0. The maximum Gasteiger partial charge on any atom is 0.349 e. The average Bonchev–Trinajstić information content (AvgIpc) is 2.73. The lowest BCUT2D eigenvalue weighted by molar-refractivity contribution is 0.648. The first-order chi connectivity index (χ1) is 14.6. The average molecular weight is 400 g/mol. The van der Waals surface area contributed by atoms with Crippen molar-refractivity contribution < 1.29 is 0 Å². The predicted octanol–water partition coefficient (Wildman–Crippen LogP) is 3.40. The molecule has 0 unspecified atom stereocenters. The van der Waals surface area contributed by atoms with Crippen LogP contribution in [0.5, 0.6) is 0 Å². The van der Waals surface area contributed by atoms with Gasteiger partial charge in [-0.15, -0.1) is 0 Å². The molecule has 0 saturated carbocycles. The van der Waals surface area contributed by atoms with E-state index in [4.69, 9.17) is 0 Å². The Balaban J connectivity index is 1.71. The highest BCUT2D eigenvalue weighted by atomic mass is 16.2. The molecular formula is C24H24N4O2. The SMILES string of the molecule is Cc1cc2nc3c(=O)[nH]c(=O)nc-3n3c2cc1CCCCc1ccc(cc1)CCC3. The summed E-state index contributed by atoms with van der Waals surface area (Å²) in [7, 11) is 0. The van der Waals surface area contributed by atoms with Crippen LogP contribution in [0.25, 0.3) is 22.6 Å². The van der Waals surface area contributed by atoms with Crippen molar-refractivity contribution >= 4 is 11.0 Å². The Kier molecular flexibility index (Phi) is 4.69. The molecule has 30 heavy (non-hydrogen) atoms. The summed E-state index contributed by atoms with van der Waals surface area (Å²) in [5.74, 6) is 0.366. The molecule has 6 rings (SSSR count). The molecule has 152 valence electrons. The lowest BCUT2D eigenvalue weighted by Gasteiger charge is -2.18. The zero-order valence-electron chi connectivity index (χ0n) is 17.1. The van der Waals surface area contributed by atoms with Crippen molar-refractivity contribution in [3.63, 3.8) is 0 Å². The van der Waals surface area contributed by atoms with Gasteiger partial charge in [0.05, 0.1) is 11.0 Å². The van der Waals surface area contributed by atoms with Gasteiger partial charge in [-0.2, -0.15) is 4.98 Å². The Morgan fingerprint density at radius 1 is 0.900 bits per heavy atom. The van der Waals surface area contributed by atoms with Crippen LogP contribution in [-0.4, -0.2) is 19.5 Å². The van der Waals surface area contributed by atoms with E-state index >= 15 is 0 Å². The molecule has 2 aromatic carbocycles. The fourth-order valence-corrected chi connectivity index (χ4v) is 4.44. The molecule has 0 saturated heterocycles. The summed E-state index contributed by atoms with van der Waals surface area (Å²) < 4.78 is 2.01. The first kappa shape index (κ1) is 18.7. The van der Waals surface area contributed by atoms with E-state index in [0.717, 1.165) is 49.6 Å². The molecule has 6 heteroatoms. The third-order valence-electron chi connectivity index (χ3n) is 6.10. The lowest BCUT2D eigenvalue weighted by Crippen LogP contribution is -2.29. The molecule has 0 aromatic heterocycles. The molecule has 0 spiro atoms. The number of nitrogens with one attached hydrogen (secondary N) is 1. The van der Waals surface area contributed by atoms with Crippen LogP contribution in [0.1, 0.15) is 41.5 Å². The van der Waals surface area contributed by atoms with Crippen LogP contribution in [0.15, 0.2) is 46.0 Å². The van der Waals surface area contributed by atoms with Crippen molar-refractivity contribution in [2.75, 3.05) is 0 Å². The molecule has 2 aromatic rings. The summed E-state index contributed by atoms with van der Waals surface area (Å²) in [6.45, 7) is 2.76. The molecular weight excluding hydrogens is 376 g/mol. The minimum atomic E-state index is -0.629. The van der Waals surface area contributed by atoms with Gasteiger partial charge in [0, 0.05) is 6.54 Å². The van der Waals surface area contributed by atoms with Gasteiger partial charge in [-0.05, 0) is 79.8 Å². The summed E-state index contributed by atoms with van der Waals surface area (Å²) >= 11 is 0. The van der Waals surface area contributed by atoms with E-state index < -0.39 is 11.2 Å². The van der Waals surface area contributed by atoms with Gasteiger partial charge in [0.2, 0.25) is 0 Å². The van der Waals surface area contributed by atoms with E-state index in [0.29, 0.717) is 12.4 Å². The quantitative estimate of drug-likeness (QED) is 0.459. The van der Waals surface area contributed by atoms with Crippen molar-refractivity contribution in [2.45, 2.75) is 52.0 Å². The Morgan fingerprint density at radius 3 is 2.37 bits per heavy atom. The fourth-order valence-electron chi connectivity index (χ4n) is 4.44. The number of fused-ring (bicyclic) bond motifs is 8. The van der Waals surface area contributed by atoms with Gasteiger partial charge in [-0.25, -0.2) is 9.78 Å². The minimum absolute atomic E-state index is 0.219. The van der Waals surface area contributed by atoms with Gasteiger partial charge < -0.3 is 4.57 Å². The van der Waals surface area contributed by atoms with Crippen molar-refractivity contribution in [2.24, 2.45) is 0 Å². The second-order valence-corrected chi connectivity index (χ2v) is 8.20. The number of benzene rings is 2. The Hall–Kier alpha value is -3.28. The van der Waals surface area contributed by atoms with E-state index in [9.17, 15) is 9.59 Å². The number of nitrogens with zero attached hydrogens (tertiary/aromatic N) is 3. The Labute approximate surface area is 174 Å². The normalized spacial score (nSPS) is 14.8. The van der Waals surface area contributed by atoms with Crippen LogP contribution in [0, 0.1) is 6.92 Å². The molecule has 0 radical (unpaired) electrons. The highest BCUT2D eigenvalue weighted by Gasteiger charge is 2.19. The maximum atomic E-state index is 12.4. The van der Waals surface area contributed by atoms with Crippen molar-refractivity contribution in [3.05, 3.63) is 79.5 Å². The van der Waals surface area contributed by atoms with Gasteiger partial charge >= 0.3 is 5.69 Å². The largest absolute Gasteiger partial charge is 0.349 e. The van der Waals surface area contributed by atoms with Gasteiger partial charge in [0.25, 0.3) is 5.56 Å². The van der Waals surface area contributed by atoms with Crippen molar-refractivity contribution in [1.29, 1.82) is 0 Å². The fraction of sp³-hybridized carbons (Fsp3) is 0.333. The van der Waals surface area contributed by atoms with E-state index in [1.165, 1.54) is 22.3 Å². The topological polar surface area (TPSA) is 80.6 Å². The van der Waals surface area contributed by atoms with Crippen LogP contribution < -0.4 is 11.2 Å². The van der Waals surface area contributed by atoms with Crippen LogP contribution in [-0.2, 0) is 25.8 Å². The maximum absolute atomic E-state index is 12.4. The summed E-state index contributed by atoms with van der Waals surface area (Å²) in [4.78, 5) is 35.3. The first-order valence-electron chi connectivity index (χ1n) is 10.6. The molecule has 4 bridgehead atoms. The zero-order valence-corrected chi connectivity index (χ0v) is 17.1. The minimum Gasteiger partial charge on any atom is -0.322 e. The number of rotatable bonds is 0. The van der Waals surface area contributed by atoms with Crippen LogP contribution in [0.3, 0.4) is 0 Å². The zero-order chi connectivity index (χ0) is 20.7. The summed E-state index contributed by atoms with van der Waals surface area (Å²) in [5.41, 5.74) is 5.96. The second kappa shape index (κ2) is 7.52. The third-order valence-corrected chi connectivity index (χ3v) is 6.10. The van der Waals surface area contributed by atoms with E-state index in [2.05, 4.69) is 58.3 Å². The predicted molar refractivity (Wildman–Crippen MR) is 117 cm³/mol. The van der Waals surface area contributed by atoms with E-state index in [1.54, 1.807) is 0 Å². The second-order valence-electron chi connectivity index (χ2n) is 8.20. The number of hydrogen-bond acceptors (Lipinski definition) is 4. The number of aromatic amines is 1. The molecule has 1 N–H and O–H groups in total. The molecule has 0 fully saturated rings. The van der Waals surface area contributed by atoms with Crippen molar-refractivity contribution in [3.8, 4) is 11.5 Å². The van der Waals surface area contributed by atoms with Gasteiger partial charge in [0.15, 0.2) is 11.5 Å². The Morgan fingerprint density at radius 2 is 1.60 bits per heavy atom. The lowest BCUT2D eigenvalue weighted by atomic mass is 9.99. The van der Waals surface area contributed by atoms with Crippen molar-refractivity contribution in [1.82, 2.24) is 19.5 Å². The van der Waals surface area contributed by atoms with E-state index in [-0.39, 0.29) is 5.69 Å². The third kappa shape index (κ3) is 3.43. The number of hydrogen-bond donors (Lipinski definition) is 1.